The van der Waals surface area contributed by atoms with Crippen molar-refractivity contribution in [3.63, 3.8) is 0 Å². The third-order valence-electron chi connectivity index (χ3n) is 5.06. The molecule has 4 aromatic rings. The Balaban J connectivity index is 1.43. The van der Waals surface area contributed by atoms with Crippen LogP contribution in [-0.2, 0) is 6.54 Å². The molecular weight excluding hydrogens is 382 g/mol. The highest BCUT2D eigenvalue weighted by Gasteiger charge is 2.16. The first-order valence-electron chi connectivity index (χ1n) is 9.51. The van der Waals surface area contributed by atoms with Crippen molar-refractivity contribution >= 4 is 17.2 Å². The van der Waals surface area contributed by atoms with Crippen molar-refractivity contribution < 1.29 is 4.79 Å². The Bertz CT molecular complexity index is 1130. The van der Waals surface area contributed by atoms with E-state index in [4.69, 9.17) is 0 Å². The van der Waals surface area contributed by atoms with Crippen molar-refractivity contribution in [2.24, 2.45) is 0 Å². The molecule has 0 aliphatic heterocycles. The lowest BCUT2D eigenvalue weighted by Crippen LogP contribution is -2.28. The fraction of sp³-hybridized carbons (Fsp3) is 0.227. The second-order valence-corrected chi connectivity index (χ2v) is 7.71. The van der Waals surface area contributed by atoms with Gasteiger partial charge in [0.1, 0.15) is 0 Å². The summed E-state index contributed by atoms with van der Waals surface area (Å²) in [5.74, 6) is -0.121. The normalized spacial score (nSPS) is 11.0. The Morgan fingerprint density at radius 1 is 1.10 bits per heavy atom. The van der Waals surface area contributed by atoms with Gasteiger partial charge in [-0.15, -0.1) is 0 Å². The molecule has 1 N–H and O–H groups in total. The first kappa shape index (κ1) is 19.1. The molecule has 1 aromatic carbocycles. The number of amides is 1. The lowest BCUT2D eigenvalue weighted by atomic mass is 10.1. The average molecular weight is 406 g/mol. The molecule has 7 heteroatoms. The van der Waals surface area contributed by atoms with Gasteiger partial charge in [-0.1, -0.05) is 18.2 Å². The van der Waals surface area contributed by atoms with Gasteiger partial charge in [-0.3, -0.25) is 9.48 Å². The summed E-state index contributed by atoms with van der Waals surface area (Å²) in [6.07, 6.45) is 1.62. The van der Waals surface area contributed by atoms with E-state index in [0.717, 1.165) is 22.8 Å². The highest BCUT2D eigenvalue weighted by molar-refractivity contribution is 7.08. The average Bonchev–Trinajstić information content (AvgIpc) is 3.43. The van der Waals surface area contributed by atoms with Crippen LogP contribution in [0, 0.1) is 20.8 Å². The quantitative estimate of drug-likeness (QED) is 0.524. The van der Waals surface area contributed by atoms with Crippen LogP contribution in [0.25, 0.3) is 16.8 Å². The fourth-order valence-corrected chi connectivity index (χ4v) is 4.22. The number of para-hydroxylation sites is 1. The summed E-state index contributed by atoms with van der Waals surface area (Å²) in [6, 6.07) is 11.9. The van der Waals surface area contributed by atoms with Crippen LogP contribution in [0.4, 0.5) is 0 Å². The summed E-state index contributed by atoms with van der Waals surface area (Å²) in [6.45, 7) is 7.12. The number of carbonyl (C=O) groups is 1. The van der Waals surface area contributed by atoms with Crippen molar-refractivity contribution in [1.82, 2.24) is 24.9 Å². The molecule has 0 radical (unpaired) electrons. The Hall–Kier alpha value is -3.19. The van der Waals surface area contributed by atoms with Crippen molar-refractivity contribution in [2.75, 3.05) is 6.54 Å². The molecule has 0 bridgehead atoms. The fourth-order valence-electron chi connectivity index (χ4n) is 3.57. The standard InChI is InChI=1S/C22H23N5OS/c1-15-21(18-9-12-29-14-18)17(3)26(25-15)11-10-23-22(28)20-13-24-27(16(20)2)19-7-5-4-6-8-19/h4-9,12-14H,10-11H2,1-3H3,(H,23,28). The zero-order valence-corrected chi connectivity index (χ0v) is 17.5. The number of aryl methyl sites for hydroxylation is 1. The van der Waals surface area contributed by atoms with E-state index in [-0.39, 0.29) is 5.91 Å². The van der Waals surface area contributed by atoms with Crippen LogP contribution in [0.2, 0.25) is 0 Å². The first-order chi connectivity index (χ1) is 14.1. The van der Waals surface area contributed by atoms with E-state index in [2.05, 4.69) is 39.3 Å². The molecule has 6 nitrogen and oxygen atoms in total. The Morgan fingerprint density at radius 3 is 2.62 bits per heavy atom. The molecule has 0 saturated carbocycles. The number of rotatable bonds is 6. The molecule has 1 amide bonds. The topological polar surface area (TPSA) is 64.7 Å². The molecule has 3 heterocycles. The summed E-state index contributed by atoms with van der Waals surface area (Å²) < 4.78 is 3.74. The van der Waals surface area contributed by atoms with Crippen LogP contribution >= 0.6 is 11.3 Å². The molecule has 0 unspecified atom stereocenters. The highest BCUT2D eigenvalue weighted by atomic mass is 32.1. The van der Waals surface area contributed by atoms with Crippen LogP contribution in [0.15, 0.2) is 53.4 Å². The highest BCUT2D eigenvalue weighted by Crippen LogP contribution is 2.28. The zero-order chi connectivity index (χ0) is 20.4. The van der Waals surface area contributed by atoms with Crippen LogP contribution in [0.1, 0.15) is 27.4 Å². The number of nitrogens with one attached hydrogen (secondary N) is 1. The Labute approximate surface area is 173 Å². The van der Waals surface area contributed by atoms with Crippen molar-refractivity contribution in [1.29, 1.82) is 0 Å². The lowest BCUT2D eigenvalue weighted by Gasteiger charge is -2.08. The number of nitrogens with zero attached hydrogens (tertiary/aromatic N) is 4. The predicted octanol–water partition coefficient (Wildman–Crippen LogP) is 4.15. The molecule has 0 atom stereocenters. The van der Waals surface area contributed by atoms with Crippen molar-refractivity contribution in [3.05, 3.63) is 76.0 Å². The van der Waals surface area contributed by atoms with E-state index < -0.39 is 0 Å². The van der Waals surface area contributed by atoms with Gasteiger partial charge in [0.05, 0.1) is 35.4 Å². The summed E-state index contributed by atoms with van der Waals surface area (Å²) in [5.41, 5.74) is 6.84. The van der Waals surface area contributed by atoms with E-state index in [0.29, 0.717) is 18.7 Å². The molecule has 0 aliphatic carbocycles. The maximum absolute atomic E-state index is 12.7. The summed E-state index contributed by atoms with van der Waals surface area (Å²) in [4.78, 5) is 12.7. The van der Waals surface area contributed by atoms with E-state index in [1.54, 1.807) is 22.2 Å². The van der Waals surface area contributed by atoms with Gasteiger partial charge in [0, 0.05) is 17.8 Å². The predicted molar refractivity (Wildman–Crippen MR) is 116 cm³/mol. The third kappa shape index (κ3) is 3.73. The first-order valence-corrected chi connectivity index (χ1v) is 10.5. The molecule has 148 valence electrons. The molecule has 3 aromatic heterocycles. The minimum Gasteiger partial charge on any atom is -0.350 e. The lowest BCUT2D eigenvalue weighted by molar-refractivity contribution is 0.0951. The number of hydrogen-bond donors (Lipinski definition) is 1. The Morgan fingerprint density at radius 2 is 1.90 bits per heavy atom. The van der Waals surface area contributed by atoms with Gasteiger partial charge in [-0.2, -0.15) is 21.5 Å². The molecule has 0 spiro atoms. The smallest absolute Gasteiger partial charge is 0.254 e. The van der Waals surface area contributed by atoms with Crippen molar-refractivity contribution in [3.8, 4) is 16.8 Å². The van der Waals surface area contributed by atoms with Crippen LogP contribution < -0.4 is 5.32 Å². The number of carbonyl (C=O) groups excluding carboxylic acids is 1. The minimum absolute atomic E-state index is 0.121. The van der Waals surface area contributed by atoms with Crippen molar-refractivity contribution in [2.45, 2.75) is 27.3 Å². The van der Waals surface area contributed by atoms with Gasteiger partial charge in [0.25, 0.3) is 5.91 Å². The van der Waals surface area contributed by atoms with E-state index >= 15 is 0 Å². The summed E-state index contributed by atoms with van der Waals surface area (Å²) >= 11 is 1.68. The zero-order valence-electron chi connectivity index (χ0n) is 16.7. The molecular formula is C22H23N5OS. The monoisotopic (exact) mass is 405 g/mol. The number of hydrogen-bond acceptors (Lipinski definition) is 4. The third-order valence-corrected chi connectivity index (χ3v) is 5.74. The van der Waals surface area contributed by atoms with Gasteiger partial charge in [-0.25, -0.2) is 4.68 Å². The summed E-state index contributed by atoms with van der Waals surface area (Å²) in [5, 5.41) is 16.2. The van der Waals surface area contributed by atoms with Gasteiger partial charge >= 0.3 is 0 Å². The molecule has 0 aliphatic rings. The van der Waals surface area contributed by atoms with Crippen LogP contribution in [-0.4, -0.2) is 32.0 Å². The SMILES string of the molecule is Cc1nn(CCNC(=O)c2cnn(-c3ccccc3)c2C)c(C)c1-c1ccsc1. The minimum atomic E-state index is -0.121. The number of thiophene rings is 1. The van der Waals surface area contributed by atoms with Gasteiger partial charge in [-0.05, 0) is 55.3 Å². The molecule has 29 heavy (non-hydrogen) atoms. The largest absolute Gasteiger partial charge is 0.350 e. The second kappa shape index (κ2) is 8.05. The maximum Gasteiger partial charge on any atom is 0.254 e. The second-order valence-electron chi connectivity index (χ2n) is 6.93. The van der Waals surface area contributed by atoms with Gasteiger partial charge < -0.3 is 5.32 Å². The number of aromatic nitrogens is 4. The van der Waals surface area contributed by atoms with E-state index in [1.807, 2.05) is 48.9 Å². The van der Waals surface area contributed by atoms with Gasteiger partial charge in [0.2, 0.25) is 0 Å². The molecule has 0 saturated heterocycles. The summed E-state index contributed by atoms with van der Waals surface area (Å²) in [7, 11) is 0. The van der Waals surface area contributed by atoms with Gasteiger partial charge in [0.15, 0.2) is 0 Å². The van der Waals surface area contributed by atoms with E-state index in [1.165, 1.54) is 11.1 Å². The van der Waals surface area contributed by atoms with E-state index in [9.17, 15) is 4.79 Å². The number of benzene rings is 1. The molecule has 4 rings (SSSR count). The Kier molecular flexibility index (Phi) is 5.31. The van der Waals surface area contributed by atoms with Crippen LogP contribution in [0.5, 0.6) is 0 Å². The maximum atomic E-state index is 12.7. The molecule has 0 fully saturated rings. The van der Waals surface area contributed by atoms with Crippen LogP contribution in [0.3, 0.4) is 0 Å².